The molecule has 2 aromatic rings. The standard InChI is InChI=1S/C22H25NO3/c1-16(24)17-11-13-19(14-12-17)26-15-5-10-22(25)23-21-9-4-7-18-6-2-3-8-20(18)21/h2-3,6,8,11-14,21H,4-5,7,9-10,15H2,1H3,(H,23,25)/t21-/m1/s1. The van der Waals surface area contributed by atoms with E-state index in [1.54, 1.807) is 31.2 Å². The summed E-state index contributed by atoms with van der Waals surface area (Å²) in [7, 11) is 0. The Balaban J connectivity index is 1.42. The first kappa shape index (κ1) is 18.2. The molecule has 26 heavy (non-hydrogen) atoms. The van der Waals surface area contributed by atoms with Gasteiger partial charge in [-0.25, -0.2) is 0 Å². The van der Waals surface area contributed by atoms with Crippen molar-refractivity contribution in [3.63, 3.8) is 0 Å². The minimum atomic E-state index is 0.0394. The lowest BCUT2D eigenvalue weighted by Gasteiger charge is -2.26. The number of ketones is 1. The highest BCUT2D eigenvalue weighted by molar-refractivity contribution is 5.94. The van der Waals surface area contributed by atoms with Crippen molar-refractivity contribution >= 4 is 11.7 Å². The molecular weight excluding hydrogens is 326 g/mol. The summed E-state index contributed by atoms with van der Waals surface area (Å²) in [5.74, 6) is 0.830. The molecule has 0 radical (unpaired) electrons. The van der Waals surface area contributed by atoms with Crippen LogP contribution in [0.4, 0.5) is 0 Å². The Morgan fingerprint density at radius 1 is 1.12 bits per heavy atom. The highest BCUT2D eigenvalue weighted by atomic mass is 16.5. The van der Waals surface area contributed by atoms with Crippen LogP contribution >= 0.6 is 0 Å². The normalized spacial score (nSPS) is 15.8. The summed E-state index contributed by atoms with van der Waals surface area (Å²) >= 11 is 0. The number of ether oxygens (including phenoxy) is 1. The molecule has 0 aromatic heterocycles. The number of carbonyl (C=O) groups excluding carboxylic acids is 2. The van der Waals surface area contributed by atoms with Crippen LogP contribution in [-0.4, -0.2) is 18.3 Å². The third kappa shape index (κ3) is 4.72. The second-order valence-electron chi connectivity index (χ2n) is 6.74. The minimum Gasteiger partial charge on any atom is -0.494 e. The highest BCUT2D eigenvalue weighted by Crippen LogP contribution is 2.29. The molecule has 0 spiro atoms. The maximum atomic E-state index is 12.2. The van der Waals surface area contributed by atoms with E-state index in [-0.39, 0.29) is 17.7 Å². The van der Waals surface area contributed by atoms with Crippen LogP contribution in [0.2, 0.25) is 0 Å². The molecule has 3 rings (SSSR count). The summed E-state index contributed by atoms with van der Waals surface area (Å²) in [4.78, 5) is 23.5. The second kappa shape index (κ2) is 8.65. The molecule has 0 unspecified atom stereocenters. The largest absolute Gasteiger partial charge is 0.494 e. The average Bonchev–Trinajstić information content (AvgIpc) is 2.66. The maximum absolute atomic E-state index is 12.2. The zero-order valence-electron chi connectivity index (χ0n) is 15.2. The molecular formula is C22H25NO3. The van der Waals surface area contributed by atoms with E-state index in [9.17, 15) is 9.59 Å². The minimum absolute atomic E-state index is 0.0394. The summed E-state index contributed by atoms with van der Waals surface area (Å²) in [5, 5.41) is 3.16. The van der Waals surface area contributed by atoms with Gasteiger partial charge in [0.25, 0.3) is 0 Å². The van der Waals surface area contributed by atoms with Crippen molar-refractivity contribution < 1.29 is 14.3 Å². The molecule has 1 amide bonds. The van der Waals surface area contributed by atoms with Gasteiger partial charge in [-0.15, -0.1) is 0 Å². The quantitative estimate of drug-likeness (QED) is 0.599. The van der Waals surface area contributed by atoms with Crippen molar-refractivity contribution in [3.8, 4) is 5.75 Å². The summed E-state index contributed by atoms with van der Waals surface area (Å²) < 4.78 is 5.65. The molecule has 0 saturated heterocycles. The molecule has 136 valence electrons. The van der Waals surface area contributed by atoms with Crippen molar-refractivity contribution in [2.24, 2.45) is 0 Å². The average molecular weight is 351 g/mol. The molecule has 1 aliphatic rings. The van der Waals surface area contributed by atoms with Crippen LogP contribution < -0.4 is 10.1 Å². The van der Waals surface area contributed by atoms with Crippen LogP contribution in [0.15, 0.2) is 48.5 Å². The lowest BCUT2D eigenvalue weighted by molar-refractivity contribution is -0.122. The zero-order valence-corrected chi connectivity index (χ0v) is 15.2. The Labute approximate surface area is 154 Å². The van der Waals surface area contributed by atoms with E-state index in [4.69, 9.17) is 4.74 Å². The Bertz CT molecular complexity index is 767. The third-order valence-corrected chi connectivity index (χ3v) is 4.78. The van der Waals surface area contributed by atoms with Gasteiger partial charge in [0.1, 0.15) is 5.75 Å². The van der Waals surface area contributed by atoms with Crippen molar-refractivity contribution in [3.05, 3.63) is 65.2 Å². The number of aryl methyl sites for hydroxylation is 1. The molecule has 0 bridgehead atoms. The smallest absolute Gasteiger partial charge is 0.220 e. The first-order valence-corrected chi connectivity index (χ1v) is 9.24. The van der Waals surface area contributed by atoms with Gasteiger partial charge < -0.3 is 10.1 Å². The van der Waals surface area contributed by atoms with Crippen LogP contribution in [0.3, 0.4) is 0 Å². The van der Waals surface area contributed by atoms with E-state index >= 15 is 0 Å². The van der Waals surface area contributed by atoms with Crippen molar-refractivity contribution in [2.45, 2.75) is 45.1 Å². The number of hydrogen-bond donors (Lipinski definition) is 1. The van der Waals surface area contributed by atoms with E-state index in [2.05, 4.69) is 23.5 Å². The van der Waals surface area contributed by atoms with Gasteiger partial charge in [-0.3, -0.25) is 9.59 Å². The zero-order chi connectivity index (χ0) is 18.4. The Hall–Kier alpha value is -2.62. The van der Waals surface area contributed by atoms with E-state index in [1.807, 2.05) is 6.07 Å². The number of amides is 1. The van der Waals surface area contributed by atoms with Crippen LogP contribution in [0, 0.1) is 0 Å². The van der Waals surface area contributed by atoms with Gasteiger partial charge in [0.2, 0.25) is 5.91 Å². The maximum Gasteiger partial charge on any atom is 0.220 e. The van der Waals surface area contributed by atoms with E-state index in [0.29, 0.717) is 25.0 Å². The molecule has 4 nitrogen and oxygen atoms in total. The molecule has 4 heteroatoms. The van der Waals surface area contributed by atoms with E-state index in [1.165, 1.54) is 11.1 Å². The van der Waals surface area contributed by atoms with Crippen LogP contribution in [-0.2, 0) is 11.2 Å². The number of carbonyl (C=O) groups is 2. The summed E-state index contributed by atoms with van der Waals surface area (Å²) in [6, 6.07) is 15.6. The SMILES string of the molecule is CC(=O)c1ccc(OCCCC(=O)N[C@@H]2CCCc3ccccc32)cc1. The fourth-order valence-electron chi connectivity index (χ4n) is 3.38. The monoisotopic (exact) mass is 351 g/mol. The fraction of sp³-hybridized carbons (Fsp3) is 0.364. The second-order valence-corrected chi connectivity index (χ2v) is 6.74. The number of hydrogen-bond acceptors (Lipinski definition) is 3. The predicted molar refractivity (Wildman–Crippen MR) is 101 cm³/mol. The lowest BCUT2D eigenvalue weighted by Crippen LogP contribution is -2.31. The van der Waals surface area contributed by atoms with Gasteiger partial charge in [-0.05, 0) is 68.0 Å². The first-order valence-electron chi connectivity index (χ1n) is 9.24. The number of fused-ring (bicyclic) bond motifs is 1. The van der Waals surface area contributed by atoms with Gasteiger partial charge in [0.05, 0.1) is 12.6 Å². The molecule has 2 aromatic carbocycles. The molecule has 1 N–H and O–H groups in total. The molecule has 0 fully saturated rings. The van der Waals surface area contributed by atoms with Gasteiger partial charge >= 0.3 is 0 Å². The lowest BCUT2D eigenvalue weighted by atomic mass is 9.87. The Morgan fingerprint density at radius 3 is 2.65 bits per heavy atom. The van der Waals surface area contributed by atoms with Gasteiger partial charge in [-0.1, -0.05) is 24.3 Å². The number of benzene rings is 2. The molecule has 1 atom stereocenters. The van der Waals surface area contributed by atoms with Crippen molar-refractivity contribution in [1.82, 2.24) is 5.32 Å². The van der Waals surface area contributed by atoms with Gasteiger partial charge in [0.15, 0.2) is 5.78 Å². The Kier molecular flexibility index (Phi) is 6.05. The molecule has 0 saturated carbocycles. The molecule has 1 aliphatic carbocycles. The topological polar surface area (TPSA) is 55.4 Å². The predicted octanol–water partition coefficient (Wildman–Crippen LogP) is 4.24. The van der Waals surface area contributed by atoms with Crippen LogP contribution in [0.5, 0.6) is 5.75 Å². The Morgan fingerprint density at radius 2 is 1.88 bits per heavy atom. The van der Waals surface area contributed by atoms with E-state index < -0.39 is 0 Å². The molecule has 0 aliphatic heterocycles. The highest BCUT2D eigenvalue weighted by Gasteiger charge is 2.20. The number of rotatable bonds is 7. The number of Topliss-reactive ketones (excluding diaryl/α,β-unsaturated/α-hetero) is 1. The summed E-state index contributed by atoms with van der Waals surface area (Å²) in [6.45, 7) is 2.02. The number of nitrogens with one attached hydrogen (secondary N) is 1. The first-order chi connectivity index (χ1) is 12.6. The fourth-order valence-corrected chi connectivity index (χ4v) is 3.38. The molecule has 0 heterocycles. The third-order valence-electron chi connectivity index (χ3n) is 4.78. The van der Waals surface area contributed by atoms with Crippen molar-refractivity contribution in [1.29, 1.82) is 0 Å². The van der Waals surface area contributed by atoms with Crippen LogP contribution in [0.1, 0.15) is 60.1 Å². The van der Waals surface area contributed by atoms with Crippen molar-refractivity contribution in [2.75, 3.05) is 6.61 Å². The van der Waals surface area contributed by atoms with Gasteiger partial charge in [0, 0.05) is 12.0 Å². The summed E-state index contributed by atoms with van der Waals surface area (Å²) in [6.07, 6.45) is 4.32. The van der Waals surface area contributed by atoms with Crippen LogP contribution in [0.25, 0.3) is 0 Å². The van der Waals surface area contributed by atoms with E-state index in [0.717, 1.165) is 25.0 Å². The summed E-state index contributed by atoms with van der Waals surface area (Å²) in [5.41, 5.74) is 3.28. The van der Waals surface area contributed by atoms with Gasteiger partial charge in [-0.2, -0.15) is 0 Å².